The van der Waals surface area contributed by atoms with Gasteiger partial charge in [-0.25, -0.2) is 13.2 Å². The minimum Gasteiger partial charge on any atom is -0.433 e. The van der Waals surface area contributed by atoms with Gasteiger partial charge in [-0.15, -0.1) is 0 Å². The van der Waals surface area contributed by atoms with Crippen LogP contribution < -0.4 is 15.1 Å². The quantitative estimate of drug-likeness (QED) is 0.700. The number of fused-ring (bicyclic) bond motifs is 1. The highest BCUT2D eigenvalue weighted by atomic mass is 32.2. The summed E-state index contributed by atoms with van der Waals surface area (Å²) >= 11 is 0. The fourth-order valence-corrected chi connectivity index (χ4v) is 3.40. The maximum atomic E-state index is 12.5. The molecule has 0 saturated heterocycles. The van der Waals surface area contributed by atoms with Crippen molar-refractivity contribution in [1.82, 2.24) is 0 Å². The minimum atomic E-state index is -4.17. The van der Waals surface area contributed by atoms with Crippen LogP contribution in [-0.4, -0.2) is 15.0 Å². The van der Waals surface area contributed by atoms with Crippen molar-refractivity contribution in [1.29, 1.82) is 0 Å². The number of ether oxygens (including phenoxy) is 1. The average molecular weight is 367 g/mol. The van der Waals surface area contributed by atoms with E-state index in [2.05, 4.69) is 9.46 Å². The third-order valence-electron chi connectivity index (χ3n) is 3.23. The largest absolute Gasteiger partial charge is 0.433 e. The molecule has 0 unspecified atom stereocenters. The number of rotatable bonds is 5. The van der Waals surface area contributed by atoms with Crippen LogP contribution in [-0.2, 0) is 10.0 Å². The average Bonchev–Trinajstić information content (AvgIpc) is 2.54. The Labute approximate surface area is 140 Å². The topological polar surface area (TPSA) is 85.6 Å². The summed E-state index contributed by atoms with van der Waals surface area (Å²) < 4.78 is 61.4. The van der Waals surface area contributed by atoms with E-state index in [4.69, 9.17) is 4.42 Å². The van der Waals surface area contributed by atoms with Crippen LogP contribution >= 0.6 is 0 Å². The number of halogens is 2. The highest BCUT2D eigenvalue weighted by molar-refractivity contribution is 7.92. The molecule has 6 nitrogen and oxygen atoms in total. The lowest BCUT2D eigenvalue weighted by molar-refractivity contribution is -0.0517. The number of anilines is 1. The molecular weight excluding hydrogens is 356 g/mol. The van der Waals surface area contributed by atoms with E-state index in [0.717, 1.165) is 12.1 Å². The first-order chi connectivity index (χ1) is 11.8. The van der Waals surface area contributed by atoms with Gasteiger partial charge in [0.05, 0.1) is 0 Å². The summed E-state index contributed by atoms with van der Waals surface area (Å²) in [5.74, 6) is -0.461. The van der Waals surface area contributed by atoms with Gasteiger partial charge in [0.1, 0.15) is 16.2 Å². The second-order valence-electron chi connectivity index (χ2n) is 4.94. The standard InChI is InChI=1S/C16H11F2NO5S/c17-16(18)24-13-3-1-2-4-14(13)25(21,22)19-11-6-7-12-10(9-11)5-8-15(20)23-12/h1-9,16,19H. The van der Waals surface area contributed by atoms with Crippen LogP contribution in [0.5, 0.6) is 5.75 Å². The molecule has 0 bridgehead atoms. The van der Waals surface area contributed by atoms with Gasteiger partial charge >= 0.3 is 12.2 Å². The molecule has 0 aliphatic heterocycles. The highest BCUT2D eigenvalue weighted by Gasteiger charge is 2.21. The number of hydrogen-bond acceptors (Lipinski definition) is 5. The Morgan fingerprint density at radius 1 is 1.04 bits per heavy atom. The minimum absolute atomic E-state index is 0.174. The van der Waals surface area contributed by atoms with Gasteiger partial charge in [0, 0.05) is 17.1 Å². The van der Waals surface area contributed by atoms with E-state index in [-0.39, 0.29) is 11.3 Å². The Bertz CT molecular complexity index is 1080. The number of para-hydroxylation sites is 1. The zero-order chi connectivity index (χ0) is 18.0. The molecule has 130 valence electrons. The van der Waals surface area contributed by atoms with Gasteiger partial charge in [0.2, 0.25) is 0 Å². The Balaban J connectivity index is 1.97. The fourth-order valence-electron chi connectivity index (χ4n) is 2.21. The first-order valence-corrected chi connectivity index (χ1v) is 8.44. The van der Waals surface area contributed by atoms with Crippen molar-refractivity contribution < 1.29 is 26.4 Å². The van der Waals surface area contributed by atoms with Crippen molar-refractivity contribution in [2.45, 2.75) is 11.5 Å². The predicted octanol–water partition coefficient (Wildman–Crippen LogP) is 3.20. The molecule has 0 radical (unpaired) electrons. The molecule has 0 fully saturated rings. The summed E-state index contributed by atoms with van der Waals surface area (Å²) in [5, 5.41) is 0.497. The van der Waals surface area contributed by atoms with Gasteiger partial charge in [-0.2, -0.15) is 8.78 Å². The van der Waals surface area contributed by atoms with E-state index in [1.165, 1.54) is 42.5 Å². The zero-order valence-corrected chi connectivity index (χ0v) is 13.3. The molecule has 1 aromatic heterocycles. The van der Waals surface area contributed by atoms with E-state index >= 15 is 0 Å². The number of sulfonamides is 1. The Morgan fingerprint density at radius 2 is 1.80 bits per heavy atom. The van der Waals surface area contributed by atoms with Crippen molar-refractivity contribution in [2.24, 2.45) is 0 Å². The van der Waals surface area contributed by atoms with Crippen LogP contribution in [0.15, 0.2) is 68.7 Å². The van der Waals surface area contributed by atoms with Crippen LogP contribution in [0.3, 0.4) is 0 Å². The van der Waals surface area contributed by atoms with Crippen molar-refractivity contribution in [2.75, 3.05) is 4.72 Å². The maximum absolute atomic E-state index is 12.5. The number of hydrogen-bond donors (Lipinski definition) is 1. The lowest BCUT2D eigenvalue weighted by atomic mass is 10.2. The molecule has 0 saturated carbocycles. The number of benzene rings is 2. The first-order valence-electron chi connectivity index (χ1n) is 6.96. The van der Waals surface area contributed by atoms with Gasteiger partial charge in [0.25, 0.3) is 10.0 Å². The molecule has 0 aliphatic carbocycles. The van der Waals surface area contributed by atoms with Crippen LogP contribution in [0.1, 0.15) is 0 Å². The maximum Gasteiger partial charge on any atom is 0.387 e. The summed E-state index contributed by atoms with van der Waals surface area (Å²) in [4.78, 5) is 10.7. The number of nitrogens with one attached hydrogen (secondary N) is 1. The van der Waals surface area contributed by atoms with E-state index in [0.29, 0.717) is 5.39 Å². The fraction of sp³-hybridized carbons (Fsp3) is 0.0625. The van der Waals surface area contributed by atoms with Crippen LogP contribution in [0.2, 0.25) is 0 Å². The Hall–Kier alpha value is -2.94. The summed E-state index contributed by atoms with van der Waals surface area (Å²) in [5.41, 5.74) is -0.0658. The lowest BCUT2D eigenvalue weighted by Gasteiger charge is -2.13. The Morgan fingerprint density at radius 3 is 2.56 bits per heavy atom. The second kappa shape index (κ2) is 6.52. The molecule has 9 heteroatoms. The summed E-state index contributed by atoms with van der Waals surface area (Å²) in [6.07, 6.45) is 0. The normalized spacial score (nSPS) is 11.6. The van der Waals surface area contributed by atoms with Crippen LogP contribution in [0.4, 0.5) is 14.5 Å². The van der Waals surface area contributed by atoms with E-state index < -0.39 is 32.9 Å². The van der Waals surface area contributed by atoms with Crippen LogP contribution in [0, 0.1) is 0 Å². The smallest absolute Gasteiger partial charge is 0.387 e. The second-order valence-corrected chi connectivity index (χ2v) is 6.59. The van der Waals surface area contributed by atoms with Crippen molar-refractivity contribution in [3.05, 3.63) is 65.0 Å². The molecule has 0 spiro atoms. The zero-order valence-electron chi connectivity index (χ0n) is 12.5. The lowest BCUT2D eigenvalue weighted by Crippen LogP contribution is -2.15. The monoisotopic (exact) mass is 367 g/mol. The van der Waals surface area contributed by atoms with Crippen LogP contribution in [0.25, 0.3) is 11.0 Å². The third-order valence-corrected chi connectivity index (χ3v) is 4.65. The van der Waals surface area contributed by atoms with Crippen molar-refractivity contribution in [3.8, 4) is 5.75 Å². The first kappa shape index (κ1) is 16.9. The summed E-state index contributed by atoms with van der Waals surface area (Å²) in [7, 11) is -4.17. The SMILES string of the molecule is O=c1ccc2cc(NS(=O)(=O)c3ccccc3OC(F)F)ccc2o1. The molecule has 2 aromatic carbocycles. The van der Waals surface area contributed by atoms with Gasteiger partial charge in [-0.3, -0.25) is 4.72 Å². The highest BCUT2D eigenvalue weighted by Crippen LogP contribution is 2.27. The third kappa shape index (κ3) is 3.77. The molecule has 0 atom stereocenters. The molecule has 3 aromatic rings. The molecule has 0 aliphatic rings. The Kier molecular flexibility index (Phi) is 4.41. The van der Waals surface area contributed by atoms with Crippen molar-refractivity contribution in [3.63, 3.8) is 0 Å². The van der Waals surface area contributed by atoms with Gasteiger partial charge in [-0.1, -0.05) is 12.1 Å². The summed E-state index contributed by atoms with van der Waals surface area (Å²) in [6, 6.07) is 12.0. The number of alkyl halides is 2. The molecular formula is C16H11F2NO5S. The van der Waals surface area contributed by atoms with Gasteiger partial charge in [0.15, 0.2) is 0 Å². The molecule has 0 amide bonds. The predicted molar refractivity (Wildman–Crippen MR) is 86.4 cm³/mol. The van der Waals surface area contributed by atoms with Crippen molar-refractivity contribution >= 4 is 26.7 Å². The van der Waals surface area contributed by atoms with E-state index in [1.54, 1.807) is 0 Å². The van der Waals surface area contributed by atoms with Gasteiger partial charge < -0.3 is 9.15 Å². The van der Waals surface area contributed by atoms with E-state index in [1.807, 2.05) is 0 Å². The molecule has 1 N–H and O–H groups in total. The molecule has 3 rings (SSSR count). The van der Waals surface area contributed by atoms with Gasteiger partial charge in [-0.05, 0) is 36.4 Å². The molecule has 25 heavy (non-hydrogen) atoms. The summed E-state index contributed by atoms with van der Waals surface area (Å²) in [6.45, 7) is -3.15. The van der Waals surface area contributed by atoms with E-state index in [9.17, 15) is 22.0 Å². The molecule has 1 heterocycles.